The molecule has 0 unspecified atom stereocenters. The van der Waals surface area contributed by atoms with Gasteiger partial charge in [-0.25, -0.2) is 9.78 Å². The summed E-state index contributed by atoms with van der Waals surface area (Å²) < 4.78 is 30.7. The van der Waals surface area contributed by atoms with E-state index in [2.05, 4.69) is 22.3 Å². The van der Waals surface area contributed by atoms with Gasteiger partial charge in [-0.05, 0) is 42.8 Å². The zero-order chi connectivity index (χ0) is 34.3. The molecule has 13 nitrogen and oxygen atoms in total. The summed E-state index contributed by atoms with van der Waals surface area (Å²) in [5.74, 6) is 2.95. The molecule has 0 atom stereocenters. The highest BCUT2D eigenvalue weighted by Gasteiger charge is 2.22. The van der Waals surface area contributed by atoms with Gasteiger partial charge in [-0.1, -0.05) is 37.6 Å². The van der Waals surface area contributed by atoms with E-state index in [4.69, 9.17) is 28.7 Å². The number of carboxylic acid groups (broad SMARTS) is 1. The number of aliphatic carboxylic acids is 1. The van der Waals surface area contributed by atoms with Crippen LogP contribution in [0.2, 0.25) is 0 Å². The number of carbonyl (C=O) groups is 1. The van der Waals surface area contributed by atoms with Crippen molar-refractivity contribution < 1.29 is 33.6 Å². The summed E-state index contributed by atoms with van der Waals surface area (Å²) in [5.41, 5.74) is 3.74. The molecule has 0 fully saturated rings. The second-order valence-electron chi connectivity index (χ2n) is 11.3. The van der Waals surface area contributed by atoms with Crippen molar-refractivity contribution in [2.75, 3.05) is 21.0 Å². The molecule has 49 heavy (non-hydrogen) atoms. The first kappa shape index (κ1) is 33.1. The molecular weight excluding hydrogens is 628 g/mol. The summed E-state index contributed by atoms with van der Waals surface area (Å²) in [6.45, 7) is 4.97. The number of aromatic nitrogens is 6. The Morgan fingerprint density at radius 3 is 2.55 bits per heavy atom. The molecule has 6 rings (SSSR count). The predicted molar refractivity (Wildman–Crippen MR) is 180 cm³/mol. The van der Waals surface area contributed by atoms with Gasteiger partial charge in [0.05, 0.1) is 38.3 Å². The average molecular weight is 667 g/mol. The summed E-state index contributed by atoms with van der Waals surface area (Å²) in [5, 5.41) is 23.2. The lowest BCUT2D eigenvalue weighted by Crippen LogP contribution is -2.09. The van der Waals surface area contributed by atoms with Crippen LogP contribution in [-0.4, -0.2) is 61.8 Å². The average Bonchev–Trinajstić information content (AvgIpc) is 3.89. The Labute approximate surface area is 283 Å². The largest absolute Gasteiger partial charge is 0.497 e. The number of methoxy groups -OCH3 is 2. The third-order valence-corrected chi connectivity index (χ3v) is 8.15. The van der Waals surface area contributed by atoms with Crippen LogP contribution in [0.3, 0.4) is 0 Å². The van der Waals surface area contributed by atoms with Gasteiger partial charge < -0.3 is 28.8 Å². The minimum atomic E-state index is -1.07. The van der Waals surface area contributed by atoms with Crippen LogP contribution in [0.5, 0.6) is 28.7 Å². The van der Waals surface area contributed by atoms with Crippen LogP contribution in [0.25, 0.3) is 23.2 Å². The van der Waals surface area contributed by atoms with Crippen molar-refractivity contribution in [2.45, 2.75) is 52.7 Å². The summed E-state index contributed by atoms with van der Waals surface area (Å²) in [7, 11) is 3.13. The number of nitrogens with zero attached hydrogens (tertiary/aromatic N) is 6. The maximum Gasteiger partial charge on any atom is 0.331 e. The van der Waals surface area contributed by atoms with Crippen LogP contribution in [0.1, 0.15) is 49.3 Å². The number of tetrazole rings is 1. The third-order valence-electron chi connectivity index (χ3n) is 8.15. The van der Waals surface area contributed by atoms with Crippen LogP contribution >= 0.6 is 0 Å². The van der Waals surface area contributed by atoms with Gasteiger partial charge in [-0.15, -0.1) is 10.2 Å². The molecule has 0 bridgehead atoms. The Morgan fingerprint density at radius 1 is 1.00 bits per heavy atom. The van der Waals surface area contributed by atoms with E-state index < -0.39 is 5.97 Å². The highest BCUT2D eigenvalue weighted by Crippen LogP contribution is 2.39. The highest BCUT2D eigenvalue weighted by atomic mass is 16.7. The van der Waals surface area contributed by atoms with E-state index in [1.54, 1.807) is 31.5 Å². The molecule has 0 spiro atoms. The summed E-state index contributed by atoms with van der Waals surface area (Å²) >= 11 is 0. The second-order valence-corrected chi connectivity index (χ2v) is 11.3. The van der Waals surface area contributed by atoms with Crippen molar-refractivity contribution in [3.8, 4) is 45.8 Å². The number of imidazole rings is 1. The van der Waals surface area contributed by atoms with Gasteiger partial charge >= 0.3 is 5.97 Å². The molecule has 1 N–H and O–H groups in total. The molecule has 3 heterocycles. The zero-order valence-electron chi connectivity index (χ0n) is 27.9. The lowest BCUT2D eigenvalue weighted by molar-refractivity contribution is -0.132. The van der Waals surface area contributed by atoms with Gasteiger partial charge in [0.15, 0.2) is 11.5 Å². The molecule has 3 aromatic carbocycles. The Hall–Kier alpha value is -5.85. The molecule has 5 aromatic rings. The van der Waals surface area contributed by atoms with Crippen LogP contribution < -0.4 is 23.7 Å². The summed E-state index contributed by atoms with van der Waals surface area (Å²) in [6, 6.07) is 16.8. The normalized spacial score (nSPS) is 12.3. The maximum absolute atomic E-state index is 12.7. The summed E-state index contributed by atoms with van der Waals surface area (Å²) in [4.78, 5) is 19.0. The number of aryl methyl sites for hydroxylation is 2. The Kier molecular flexibility index (Phi) is 10.1. The molecule has 2 aromatic heterocycles. The Morgan fingerprint density at radius 2 is 1.82 bits per heavy atom. The van der Waals surface area contributed by atoms with E-state index in [-0.39, 0.29) is 25.4 Å². The molecule has 254 valence electrons. The fourth-order valence-corrected chi connectivity index (χ4v) is 5.59. The van der Waals surface area contributed by atoms with E-state index in [0.29, 0.717) is 64.5 Å². The third kappa shape index (κ3) is 7.20. The van der Waals surface area contributed by atoms with E-state index >= 15 is 0 Å². The predicted octanol–water partition coefficient (Wildman–Crippen LogP) is 5.92. The molecule has 0 saturated carbocycles. The van der Waals surface area contributed by atoms with Gasteiger partial charge in [0.2, 0.25) is 12.6 Å². The standard InChI is InChI=1S/C36H38N6O7/c1-5-7-12-34-37-20-26(16-25(36(43)44)15-24-17-32-33(49-22-48-32)19-30(24)46-4)42(34)29-14-13-27(45-3)18-31(29)47-21-23-10-8-9-11-28(23)35-38-40-41(6-2)39-35/h8-11,13-14,16-20H,5-7,12,15,21-22H2,1-4H3,(H,43,44). The fraction of sp³-hybridized carbons (Fsp3) is 0.306. The highest BCUT2D eigenvalue weighted by molar-refractivity contribution is 5.92. The quantitative estimate of drug-likeness (QED) is 0.133. The van der Waals surface area contributed by atoms with Crippen LogP contribution in [0.4, 0.5) is 0 Å². The minimum absolute atomic E-state index is 0.0735. The van der Waals surface area contributed by atoms with E-state index in [0.717, 1.165) is 29.8 Å². The van der Waals surface area contributed by atoms with E-state index in [1.807, 2.05) is 54.0 Å². The number of hydrogen-bond acceptors (Lipinski definition) is 10. The number of ether oxygens (including phenoxy) is 5. The van der Waals surface area contributed by atoms with E-state index in [1.165, 1.54) is 11.9 Å². The number of rotatable bonds is 15. The lowest BCUT2D eigenvalue weighted by atomic mass is 10.0. The van der Waals surface area contributed by atoms with Crippen LogP contribution in [0, 0.1) is 0 Å². The number of unbranched alkanes of at least 4 members (excludes halogenated alkanes) is 1. The fourth-order valence-electron chi connectivity index (χ4n) is 5.59. The van der Waals surface area contributed by atoms with Gasteiger partial charge in [0.25, 0.3) is 0 Å². The number of hydrogen-bond donors (Lipinski definition) is 1. The van der Waals surface area contributed by atoms with Gasteiger partial charge in [0, 0.05) is 47.2 Å². The van der Waals surface area contributed by atoms with Crippen LogP contribution in [0.15, 0.2) is 66.4 Å². The number of carboxylic acids is 1. The van der Waals surface area contributed by atoms with Crippen molar-refractivity contribution in [2.24, 2.45) is 0 Å². The van der Waals surface area contributed by atoms with Crippen molar-refractivity contribution >= 4 is 12.0 Å². The number of fused-ring (bicyclic) bond motifs is 1. The SMILES string of the molecule is CCCCc1ncc(C=C(Cc2cc3c(cc2OC)OCO3)C(=O)O)n1-c1ccc(OC)cc1OCc1ccccc1-c1nnn(CC)n1. The molecule has 0 aliphatic carbocycles. The van der Waals surface area contributed by atoms with Crippen molar-refractivity contribution in [3.63, 3.8) is 0 Å². The molecule has 1 aliphatic heterocycles. The molecular formula is C36H38N6O7. The molecule has 0 amide bonds. The van der Waals surface area contributed by atoms with Crippen molar-refractivity contribution in [3.05, 3.63) is 89.0 Å². The van der Waals surface area contributed by atoms with E-state index in [9.17, 15) is 9.90 Å². The van der Waals surface area contributed by atoms with Gasteiger partial charge in [-0.3, -0.25) is 4.57 Å². The number of benzene rings is 3. The monoisotopic (exact) mass is 666 g/mol. The topological polar surface area (TPSA) is 145 Å². The minimum Gasteiger partial charge on any atom is -0.497 e. The smallest absolute Gasteiger partial charge is 0.331 e. The Balaban J connectivity index is 1.39. The molecule has 0 radical (unpaired) electrons. The molecule has 13 heteroatoms. The van der Waals surface area contributed by atoms with Crippen LogP contribution in [-0.2, 0) is 30.8 Å². The first-order valence-electron chi connectivity index (χ1n) is 16.1. The first-order valence-corrected chi connectivity index (χ1v) is 16.1. The molecule has 0 saturated heterocycles. The second kappa shape index (κ2) is 14.9. The van der Waals surface area contributed by atoms with Crippen molar-refractivity contribution in [1.82, 2.24) is 29.8 Å². The van der Waals surface area contributed by atoms with Gasteiger partial charge in [0.1, 0.15) is 29.7 Å². The van der Waals surface area contributed by atoms with Crippen molar-refractivity contribution in [1.29, 1.82) is 0 Å². The lowest BCUT2D eigenvalue weighted by Gasteiger charge is -2.18. The zero-order valence-corrected chi connectivity index (χ0v) is 27.9. The first-order chi connectivity index (χ1) is 23.9. The molecule has 1 aliphatic rings. The summed E-state index contributed by atoms with van der Waals surface area (Å²) in [6.07, 6.45) is 5.94. The maximum atomic E-state index is 12.7. The van der Waals surface area contributed by atoms with Gasteiger partial charge in [-0.2, -0.15) is 4.80 Å². The Bertz CT molecular complexity index is 1980.